The minimum Gasteiger partial charge on any atom is -0.381 e. The number of hydrogen-bond acceptors (Lipinski definition) is 13. The van der Waals surface area contributed by atoms with Crippen LogP contribution in [0.5, 0.6) is 0 Å². The first kappa shape index (κ1) is 76.1. The second kappa shape index (κ2) is 33.3. The van der Waals surface area contributed by atoms with Crippen molar-refractivity contribution in [1.29, 1.82) is 0 Å². The number of aromatic nitrogens is 3. The molecule has 1 aromatic heterocycles. The van der Waals surface area contributed by atoms with Gasteiger partial charge in [-0.25, -0.2) is 62.3 Å². The molecule has 550 valence electrons. The fraction of sp³-hybridized carbons (Fsp3) is 0.563. The van der Waals surface area contributed by atoms with Gasteiger partial charge in [-0.3, -0.25) is 24.0 Å². The first-order valence-corrected chi connectivity index (χ1v) is 36.3. The average molecular weight is 1440 g/mol. The van der Waals surface area contributed by atoms with Crippen LogP contribution in [0, 0.1) is 76.0 Å². The third kappa shape index (κ3) is 19.0. The zero-order valence-electron chi connectivity index (χ0n) is 56.5. The molecule has 4 aromatic carbocycles. The Bertz CT molecular complexity index is 3820. The number of amides is 5. The van der Waals surface area contributed by atoms with Gasteiger partial charge in [-0.15, -0.1) is 0 Å². The molecule has 12 atom stereocenters. The Morgan fingerprint density at radius 1 is 0.525 bits per heavy atom. The molecule has 0 radical (unpaired) electrons. The van der Waals surface area contributed by atoms with Crippen LogP contribution < -0.4 is 32.6 Å². The Labute approximate surface area is 581 Å². The maximum Gasteiger partial charge on any atom is 0.247 e. The van der Waals surface area contributed by atoms with Crippen molar-refractivity contribution in [3.05, 3.63) is 154 Å². The number of nitrogens with zero attached hydrogens (tertiary/aromatic N) is 6. The molecule has 12 rings (SSSR count). The molecule has 6 bridgehead atoms. The summed E-state index contributed by atoms with van der Waals surface area (Å²) >= 11 is 0. The molecular formula is C71H89F9N12O8S. The minimum absolute atomic E-state index is 0.00809. The van der Waals surface area contributed by atoms with Gasteiger partial charge in [0.2, 0.25) is 39.6 Å². The van der Waals surface area contributed by atoms with Crippen LogP contribution in [0.4, 0.5) is 39.5 Å². The number of hydrogen-bond donors (Lipinski definition) is 6. The van der Waals surface area contributed by atoms with Gasteiger partial charge in [-0.1, -0.05) is 30.3 Å². The van der Waals surface area contributed by atoms with E-state index in [-0.39, 0.29) is 145 Å². The average Bonchev–Trinajstić information content (AvgIpc) is 1.67. The van der Waals surface area contributed by atoms with Gasteiger partial charge in [0.15, 0.2) is 34.9 Å². The third-order valence-electron chi connectivity index (χ3n) is 21.5. The Morgan fingerprint density at radius 3 is 1.27 bits per heavy atom. The standard InChI is InChI=1S/C24H28F3N3O3S.C24H32F3N3O3.C23H29F3N6O2/c25-20-12-22(27)21(26)10-16(20)11-23(28)17-8-18-6-7-19(9-17)30(18)24(31)13-29-34(32,33)14-15-4-2-1-3-5-15;25-19-12-21(27)20(26)10-15(19)11-22(28)16-8-17-1-2-18(9-16)30(17)24(32)13-29-23(31)7-14-3-5-33-6-4-14;1-23(2,31-12-28-11-30-31)22(34)29-10-21(33)32-15-3-4-16(32)6-14(5-15)20(27)8-13-7-18(25)19(26)9-17(13)24/h1-5,10,12,17-19,23,29H,6-9,11,13-14,28H2;10,12,14,16-18,22H,1-9,11,13,28H2,(H,29,31);7,9,11-12,14-16,20H,3-6,8,10,27H2,1-2H3,(H,29,34)/t17?,18-,19+,23-;16?,17-,18+,22-;14?,15-,16+,20-/m111/s1. The van der Waals surface area contributed by atoms with Crippen LogP contribution in [-0.2, 0) is 69.3 Å². The number of nitrogens with one attached hydrogen (secondary N) is 3. The molecule has 7 aliphatic rings. The largest absolute Gasteiger partial charge is 0.381 e. The van der Waals surface area contributed by atoms with E-state index in [1.54, 1.807) is 49.1 Å². The summed E-state index contributed by atoms with van der Waals surface area (Å²) in [7, 11) is -3.66. The molecule has 101 heavy (non-hydrogen) atoms. The normalized spacial score (nSPS) is 24.2. The number of nitrogens with two attached hydrogens (primary N) is 3. The highest BCUT2D eigenvalue weighted by molar-refractivity contribution is 7.88. The topological polar surface area (TPSA) is 283 Å². The number of fused-ring (bicyclic) bond motifs is 6. The van der Waals surface area contributed by atoms with E-state index in [4.69, 9.17) is 21.9 Å². The van der Waals surface area contributed by atoms with Gasteiger partial charge >= 0.3 is 0 Å². The van der Waals surface area contributed by atoms with E-state index in [2.05, 4.69) is 25.4 Å². The van der Waals surface area contributed by atoms with Crippen molar-refractivity contribution in [3.8, 4) is 0 Å². The number of carbonyl (C=O) groups is 5. The number of piperidine rings is 3. The van der Waals surface area contributed by atoms with Gasteiger partial charge < -0.3 is 47.3 Å². The lowest BCUT2D eigenvalue weighted by Gasteiger charge is -2.41. The van der Waals surface area contributed by atoms with E-state index < -0.39 is 86.0 Å². The fourth-order valence-corrected chi connectivity index (χ4v) is 17.1. The summed E-state index contributed by atoms with van der Waals surface area (Å²) in [6.07, 6.45) is 14.1. The summed E-state index contributed by atoms with van der Waals surface area (Å²) in [6, 6.07) is 11.5. The van der Waals surface area contributed by atoms with Crippen LogP contribution in [-0.4, -0.2) is 155 Å². The van der Waals surface area contributed by atoms with E-state index in [0.717, 1.165) is 69.6 Å². The quantitative estimate of drug-likeness (QED) is 0.0291. The second-order valence-corrected chi connectivity index (χ2v) is 30.4. The third-order valence-corrected chi connectivity index (χ3v) is 22.8. The number of ether oxygens (including phenoxy) is 1. The van der Waals surface area contributed by atoms with Crippen molar-refractivity contribution >= 4 is 39.6 Å². The van der Waals surface area contributed by atoms with Gasteiger partial charge in [0.05, 0.1) is 25.4 Å². The van der Waals surface area contributed by atoms with E-state index in [1.165, 1.54) is 17.3 Å². The highest BCUT2D eigenvalue weighted by Gasteiger charge is 2.48. The van der Waals surface area contributed by atoms with Crippen molar-refractivity contribution in [1.82, 2.24) is 44.8 Å². The number of sulfonamides is 1. The van der Waals surface area contributed by atoms with E-state index in [1.807, 2.05) is 9.80 Å². The summed E-state index contributed by atoms with van der Waals surface area (Å²) in [5.74, 6) is -10.2. The van der Waals surface area contributed by atoms with Crippen molar-refractivity contribution in [2.24, 2.45) is 40.9 Å². The van der Waals surface area contributed by atoms with Crippen molar-refractivity contribution < 1.29 is 76.6 Å². The zero-order valence-corrected chi connectivity index (χ0v) is 57.3. The highest BCUT2D eigenvalue weighted by Crippen LogP contribution is 2.43. The highest BCUT2D eigenvalue weighted by atomic mass is 32.2. The molecule has 0 spiro atoms. The lowest BCUT2D eigenvalue weighted by Crippen LogP contribution is -2.54. The Balaban J connectivity index is 0.000000163. The second-order valence-electron chi connectivity index (χ2n) is 28.6. The summed E-state index contributed by atoms with van der Waals surface area (Å²) in [5.41, 5.74) is 18.8. The van der Waals surface area contributed by atoms with Crippen molar-refractivity contribution in [3.63, 3.8) is 0 Å². The zero-order chi connectivity index (χ0) is 72.6. The first-order chi connectivity index (χ1) is 48.0. The molecule has 0 aliphatic carbocycles. The van der Waals surface area contributed by atoms with Crippen LogP contribution >= 0.6 is 0 Å². The fourth-order valence-electron chi connectivity index (χ4n) is 16.1. The summed E-state index contributed by atoms with van der Waals surface area (Å²) in [6.45, 7) is 4.30. The molecular weight excluding hydrogens is 1350 g/mol. The van der Waals surface area contributed by atoms with Gasteiger partial charge in [0.25, 0.3) is 0 Å². The molecule has 9 N–H and O–H groups in total. The number of rotatable bonds is 22. The predicted molar refractivity (Wildman–Crippen MR) is 354 cm³/mol. The molecule has 7 aliphatic heterocycles. The number of benzene rings is 4. The minimum atomic E-state index is -3.66. The Kier molecular flexibility index (Phi) is 25.1. The van der Waals surface area contributed by atoms with Crippen LogP contribution in [0.25, 0.3) is 0 Å². The van der Waals surface area contributed by atoms with Crippen LogP contribution in [0.15, 0.2) is 79.4 Å². The molecule has 5 aromatic rings. The van der Waals surface area contributed by atoms with Crippen molar-refractivity contribution in [2.45, 2.75) is 195 Å². The van der Waals surface area contributed by atoms with E-state index >= 15 is 0 Å². The van der Waals surface area contributed by atoms with Gasteiger partial charge in [0, 0.05) is 92.2 Å². The predicted octanol–water partition coefficient (Wildman–Crippen LogP) is 7.43. The maximum atomic E-state index is 14.1. The lowest BCUT2D eigenvalue weighted by atomic mass is 9.82. The number of carbonyl (C=O) groups excluding carboxylic acids is 5. The smallest absolute Gasteiger partial charge is 0.247 e. The lowest BCUT2D eigenvalue weighted by molar-refractivity contribution is -0.139. The molecule has 8 heterocycles. The summed E-state index contributed by atoms with van der Waals surface area (Å²) in [5, 5.41) is 9.49. The molecule has 7 fully saturated rings. The van der Waals surface area contributed by atoms with Crippen LogP contribution in [0.3, 0.4) is 0 Å². The Morgan fingerprint density at radius 2 is 0.891 bits per heavy atom. The summed E-state index contributed by atoms with van der Waals surface area (Å²) in [4.78, 5) is 73.0. The van der Waals surface area contributed by atoms with Gasteiger partial charge in [-0.05, 0) is 187 Å². The van der Waals surface area contributed by atoms with Gasteiger partial charge in [0.1, 0.15) is 35.6 Å². The molecule has 0 saturated carbocycles. The van der Waals surface area contributed by atoms with Crippen LogP contribution in [0.2, 0.25) is 0 Å². The SMILES string of the molecule is CC(C)(C(=O)NCC(=O)N1[C@@H]2CC[C@H]1CC([C@H](N)Cc1cc(F)c(F)cc1F)C2)n1cncn1.N[C@H](Cc1cc(F)c(F)cc1F)C1C[C@H]2CC[C@@H](C1)N2C(=O)CNC(=O)CC1CCOCC1.N[C@H](Cc1cc(F)c(F)cc1F)C1C[C@H]2CC[C@@H](C1)N2C(=O)CNS(=O)(=O)Cc1ccccc1. The van der Waals surface area contributed by atoms with E-state index in [0.29, 0.717) is 87.8 Å². The van der Waals surface area contributed by atoms with Gasteiger partial charge in [-0.2, -0.15) is 5.10 Å². The first-order valence-electron chi connectivity index (χ1n) is 34.6. The molecule has 30 heteroatoms. The van der Waals surface area contributed by atoms with Crippen molar-refractivity contribution in [2.75, 3.05) is 32.8 Å². The molecule has 3 unspecified atom stereocenters. The van der Waals surface area contributed by atoms with E-state index in [9.17, 15) is 71.9 Å². The molecule has 20 nitrogen and oxygen atoms in total. The molecule has 5 amide bonds. The van der Waals surface area contributed by atoms with Crippen LogP contribution in [0.1, 0.15) is 132 Å². The monoisotopic (exact) mass is 1440 g/mol. The Hall–Kier alpha value is -7.51. The number of halogens is 9. The summed E-state index contributed by atoms with van der Waals surface area (Å²) < 4.78 is 156. The molecule has 7 saturated heterocycles. The maximum absolute atomic E-state index is 14.1.